The Hall–Kier alpha value is -1.87. The van der Waals surface area contributed by atoms with E-state index in [2.05, 4.69) is 5.32 Å². The van der Waals surface area contributed by atoms with Crippen molar-refractivity contribution < 1.29 is 22.4 Å². The zero-order valence-corrected chi connectivity index (χ0v) is 15.7. The topological polar surface area (TPSA) is 88.9 Å². The Morgan fingerprint density at radius 1 is 1.38 bits per heavy atom. The predicted octanol–water partition coefficient (Wildman–Crippen LogP) is 2.44. The highest BCUT2D eigenvalue weighted by atomic mass is 35.5. The van der Waals surface area contributed by atoms with E-state index in [4.69, 9.17) is 20.8 Å². The lowest BCUT2D eigenvalue weighted by atomic mass is 10.1. The third-order valence-electron chi connectivity index (χ3n) is 4.05. The van der Waals surface area contributed by atoms with Crippen LogP contribution in [0.2, 0.25) is 5.02 Å². The SMILES string of the molecule is CCOC(=O)c1ccc(S(=O)(=O)N2CCNCC2c2cccc(Cl)c2)o1. The number of furan rings is 1. The predicted molar refractivity (Wildman–Crippen MR) is 95.6 cm³/mol. The highest BCUT2D eigenvalue weighted by Crippen LogP contribution is 2.30. The van der Waals surface area contributed by atoms with Crippen LogP contribution in [0.25, 0.3) is 0 Å². The summed E-state index contributed by atoms with van der Waals surface area (Å²) < 4.78 is 37.6. The van der Waals surface area contributed by atoms with Crippen molar-refractivity contribution in [3.8, 4) is 0 Å². The Kier molecular flexibility index (Phi) is 5.67. The number of nitrogens with zero attached hydrogens (tertiary/aromatic N) is 1. The normalized spacial score (nSPS) is 18.6. The van der Waals surface area contributed by atoms with Gasteiger partial charge in [0.15, 0.2) is 0 Å². The highest BCUT2D eigenvalue weighted by molar-refractivity contribution is 7.89. The third kappa shape index (κ3) is 3.78. The Morgan fingerprint density at radius 3 is 2.92 bits per heavy atom. The summed E-state index contributed by atoms with van der Waals surface area (Å²) in [4.78, 5) is 11.7. The Labute approximate surface area is 156 Å². The monoisotopic (exact) mass is 398 g/mol. The van der Waals surface area contributed by atoms with Gasteiger partial charge in [-0.2, -0.15) is 4.31 Å². The summed E-state index contributed by atoms with van der Waals surface area (Å²) in [6.45, 7) is 3.08. The largest absolute Gasteiger partial charge is 0.460 e. The molecule has 9 heteroatoms. The van der Waals surface area contributed by atoms with Crippen LogP contribution in [0.1, 0.15) is 29.1 Å². The lowest BCUT2D eigenvalue weighted by Gasteiger charge is -2.34. The molecule has 0 bridgehead atoms. The van der Waals surface area contributed by atoms with Crippen molar-refractivity contribution >= 4 is 27.6 Å². The van der Waals surface area contributed by atoms with Crippen LogP contribution in [0.5, 0.6) is 0 Å². The molecular formula is C17H19ClN2O5S. The molecule has 0 amide bonds. The smallest absolute Gasteiger partial charge is 0.374 e. The van der Waals surface area contributed by atoms with Gasteiger partial charge in [0.25, 0.3) is 10.0 Å². The molecule has 0 saturated carbocycles. The van der Waals surface area contributed by atoms with Crippen LogP contribution in [0.4, 0.5) is 0 Å². The molecule has 0 spiro atoms. The first kappa shape index (κ1) is 18.9. The van der Waals surface area contributed by atoms with E-state index in [1.165, 1.54) is 16.4 Å². The van der Waals surface area contributed by atoms with Gasteiger partial charge in [0.2, 0.25) is 10.9 Å². The Morgan fingerprint density at radius 2 is 2.19 bits per heavy atom. The van der Waals surface area contributed by atoms with Gasteiger partial charge in [-0.1, -0.05) is 23.7 Å². The first-order valence-corrected chi connectivity index (χ1v) is 10.00. The fourth-order valence-electron chi connectivity index (χ4n) is 2.86. The maximum atomic E-state index is 13.1. The van der Waals surface area contributed by atoms with Crippen molar-refractivity contribution in [2.45, 2.75) is 18.1 Å². The van der Waals surface area contributed by atoms with E-state index in [0.29, 0.717) is 18.1 Å². The number of hydrogen-bond acceptors (Lipinski definition) is 6. The van der Waals surface area contributed by atoms with Gasteiger partial charge in [-0.05, 0) is 36.8 Å². The lowest BCUT2D eigenvalue weighted by molar-refractivity contribution is 0.0483. The van der Waals surface area contributed by atoms with Gasteiger partial charge in [0, 0.05) is 24.7 Å². The number of nitrogens with one attached hydrogen (secondary N) is 1. The third-order valence-corrected chi connectivity index (χ3v) is 6.07. The van der Waals surface area contributed by atoms with Crippen molar-refractivity contribution in [3.63, 3.8) is 0 Å². The zero-order chi connectivity index (χ0) is 18.7. The van der Waals surface area contributed by atoms with Crippen LogP contribution in [0, 0.1) is 0 Å². The van der Waals surface area contributed by atoms with E-state index >= 15 is 0 Å². The molecular weight excluding hydrogens is 380 g/mol. The summed E-state index contributed by atoms with van der Waals surface area (Å²) in [5, 5.41) is 3.44. The summed E-state index contributed by atoms with van der Waals surface area (Å²) in [5.41, 5.74) is 0.783. The van der Waals surface area contributed by atoms with Gasteiger partial charge < -0.3 is 14.5 Å². The van der Waals surface area contributed by atoms with Crippen LogP contribution in [-0.4, -0.2) is 44.9 Å². The second-order valence-corrected chi connectivity index (χ2v) is 7.99. The zero-order valence-electron chi connectivity index (χ0n) is 14.1. The lowest BCUT2D eigenvalue weighted by Crippen LogP contribution is -2.48. The quantitative estimate of drug-likeness (QED) is 0.778. The summed E-state index contributed by atoms with van der Waals surface area (Å²) in [5.74, 6) is -0.833. The van der Waals surface area contributed by atoms with Crippen molar-refractivity contribution in [3.05, 3.63) is 52.7 Å². The molecule has 1 saturated heterocycles. The van der Waals surface area contributed by atoms with Gasteiger partial charge in [0.1, 0.15) is 0 Å². The highest BCUT2D eigenvalue weighted by Gasteiger charge is 2.36. The molecule has 140 valence electrons. The van der Waals surface area contributed by atoms with Crippen molar-refractivity contribution in [1.82, 2.24) is 9.62 Å². The van der Waals surface area contributed by atoms with Gasteiger partial charge in [-0.3, -0.25) is 0 Å². The molecule has 1 aromatic carbocycles. The number of halogens is 1. The average Bonchev–Trinajstić information content (AvgIpc) is 3.13. The fraction of sp³-hybridized carbons (Fsp3) is 0.353. The Balaban J connectivity index is 1.92. The number of benzene rings is 1. The number of rotatable bonds is 5. The maximum Gasteiger partial charge on any atom is 0.374 e. The van der Waals surface area contributed by atoms with E-state index < -0.39 is 22.0 Å². The number of carbonyl (C=O) groups excluding carboxylic acids is 1. The second kappa shape index (κ2) is 7.79. The molecule has 0 radical (unpaired) electrons. The first-order valence-electron chi connectivity index (χ1n) is 8.18. The van der Waals surface area contributed by atoms with Gasteiger partial charge in [0.05, 0.1) is 12.6 Å². The summed E-state index contributed by atoms with van der Waals surface area (Å²) in [6, 6.07) is 9.25. The van der Waals surface area contributed by atoms with Crippen molar-refractivity contribution in [2.24, 2.45) is 0 Å². The van der Waals surface area contributed by atoms with E-state index in [9.17, 15) is 13.2 Å². The van der Waals surface area contributed by atoms with Crippen LogP contribution in [0.15, 0.2) is 45.9 Å². The molecule has 26 heavy (non-hydrogen) atoms. The minimum Gasteiger partial charge on any atom is -0.460 e. The van der Waals surface area contributed by atoms with E-state index in [1.54, 1.807) is 25.1 Å². The number of carbonyl (C=O) groups is 1. The minimum atomic E-state index is -3.92. The number of hydrogen-bond donors (Lipinski definition) is 1. The molecule has 2 heterocycles. The molecule has 1 aromatic heterocycles. The molecule has 1 atom stereocenters. The standard InChI is InChI=1S/C17H19ClN2O5S/c1-2-24-17(21)15-6-7-16(25-15)26(22,23)20-9-8-19-11-14(20)12-4-3-5-13(18)10-12/h3-7,10,14,19H,2,8-9,11H2,1H3. The molecule has 7 nitrogen and oxygen atoms in total. The van der Waals surface area contributed by atoms with Crippen LogP contribution >= 0.6 is 11.6 Å². The summed E-state index contributed by atoms with van der Waals surface area (Å²) >= 11 is 6.05. The van der Waals surface area contributed by atoms with Gasteiger partial charge in [-0.25, -0.2) is 13.2 Å². The molecule has 1 unspecified atom stereocenters. The minimum absolute atomic E-state index is 0.139. The first-order chi connectivity index (χ1) is 12.4. The average molecular weight is 399 g/mol. The molecule has 0 aliphatic carbocycles. The Bertz CT molecular complexity index is 896. The molecule has 1 fully saturated rings. The summed E-state index contributed by atoms with van der Waals surface area (Å²) in [6.07, 6.45) is 0. The second-order valence-electron chi connectivity index (χ2n) is 5.73. The molecule has 2 aromatic rings. The van der Waals surface area contributed by atoms with Crippen LogP contribution < -0.4 is 5.32 Å². The van der Waals surface area contributed by atoms with Crippen molar-refractivity contribution in [1.29, 1.82) is 0 Å². The van der Waals surface area contributed by atoms with Gasteiger partial charge >= 0.3 is 5.97 Å². The van der Waals surface area contributed by atoms with E-state index in [-0.39, 0.29) is 24.0 Å². The molecule has 3 rings (SSSR count). The molecule has 1 aliphatic heterocycles. The summed E-state index contributed by atoms with van der Waals surface area (Å²) in [7, 11) is -3.92. The number of piperazine rings is 1. The molecule has 1 N–H and O–H groups in total. The van der Waals surface area contributed by atoms with Gasteiger partial charge in [-0.15, -0.1) is 0 Å². The number of ether oxygens (including phenoxy) is 1. The fourth-order valence-corrected chi connectivity index (χ4v) is 4.59. The maximum absolute atomic E-state index is 13.1. The molecule has 1 aliphatic rings. The van der Waals surface area contributed by atoms with Crippen LogP contribution in [0.3, 0.4) is 0 Å². The van der Waals surface area contributed by atoms with E-state index in [1.807, 2.05) is 6.07 Å². The van der Waals surface area contributed by atoms with Crippen LogP contribution in [-0.2, 0) is 14.8 Å². The number of sulfonamides is 1. The van der Waals surface area contributed by atoms with E-state index in [0.717, 1.165) is 5.56 Å². The van der Waals surface area contributed by atoms with Crippen molar-refractivity contribution in [2.75, 3.05) is 26.2 Å². The number of esters is 1.